The van der Waals surface area contributed by atoms with Crippen LogP contribution in [0.2, 0.25) is 0 Å². The maximum Gasteiger partial charge on any atom is 0.260 e. The fourth-order valence-corrected chi connectivity index (χ4v) is 3.43. The SMILES string of the molecule is CCc1ccccc1O[C@@H](C)C(=O)NCCSCc1ccccc1C. The van der Waals surface area contributed by atoms with Gasteiger partial charge < -0.3 is 10.1 Å². The van der Waals surface area contributed by atoms with Gasteiger partial charge in [-0.25, -0.2) is 0 Å². The molecule has 4 heteroatoms. The minimum absolute atomic E-state index is 0.0672. The molecule has 0 unspecified atom stereocenters. The van der Waals surface area contributed by atoms with Crippen LogP contribution in [0.3, 0.4) is 0 Å². The molecular formula is C21H27NO2S. The summed E-state index contributed by atoms with van der Waals surface area (Å²) in [5, 5.41) is 2.96. The van der Waals surface area contributed by atoms with E-state index in [9.17, 15) is 4.79 Å². The maximum absolute atomic E-state index is 12.2. The minimum atomic E-state index is -0.492. The van der Waals surface area contributed by atoms with Gasteiger partial charge in [0.15, 0.2) is 6.10 Å². The first kappa shape index (κ1) is 19.4. The third-order valence-electron chi connectivity index (χ3n) is 4.09. The van der Waals surface area contributed by atoms with E-state index in [2.05, 4.69) is 43.4 Å². The highest BCUT2D eigenvalue weighted by Gasteiger charge is 2.15. The molecule has 1 atom stereocenters. The summed E-state index contributed by atoms with van der Waals surface area (Å²) >= 11 is 1.83. The molecule has 0 aliphatic heterocycles. The zero-order chi connectivity index (χ0) is 18.1. The van der Waals surface area contributed by atoms with E-state index in [4.69, 9.17) is 4.74 Å². The van der Waals surface area contributed by atoms with E-state index in [1.165, 1.54) is 11.1 Å². The Bertz CT molecular complexity index is 687. The van der Waals surface area contributed by atoms with Crippen LogP contribution < -0.4 is 10.1 Å². The van der Waals surface area contributed by atoms with Gasteiger partial charge in [0.05, 0.1) is 0 Å². The smallest absolute Gasteiger partial charge is 0.260 e. The number of carbonyl (C=O) groups excluding carboxylic acids is 1. The Hall–Kier alpha value is -1.94. The molecule has 0 saturated heterocycles. The summed E-state index contributed by atoms with van der Waals surface area (Å²) in [5.41, 5.74) is 3.79. The van der Waals surface area contributed by atoms with Gasteiger partial charge in [-0.15, -0.1) is 0 Å². The van der Waals surface area contributed by atoms with Gasteiger partial charge in [-0.1, -0.05) is 49.4 Å². The van der Waals surface area contributed by atoms with Crippen molar-refractivity contribution in [3.05, 3.63) is 65.2 Å². The van der Waals surface area contributed by atoms with Gasteiger partial charge in [-0.05, 0) is 43.0 Å². The lowest BCUT2D eigenvalue weighted by Gasteiger charge is -2.16. The molecule has 3 nitrogen and oxygen atoms in total. The zero-order valence-corrected chi connectivity index (χ0v) is 16.1. The van der Waals surface area contributed by atoms with Crippen LogP contribution >= 0.6 is 11.8 Å². The number of para-hydroxylation sites is 1. The summed E-state index contributed by atoms with van der Waals surface area (Å²) in [6.07, 6.45) is 0.397. The molecule has 1 amide bonds. The largest absolute Gasteiger partial charge is 0.481 e. The van der Waals surface area contributed by atoms with Crippen LogP contribution in [0.1, 0.15) is 30.5 Å². The molecule has 0 radical (unpaired) electrons. The number of thioether (sulfide) groups is 1. The summed E-state index contributed by atoms with van der Waals surface area (Å²) in [5.74, 6) is 2.58. The number of aryl methyl sites for hydroxylation is 2. The van der Waals surface area contributed by atoms with E-state index in [-0.39, 0.29) is 5.91 Å². The average molecular weight is 358 g/mol. The second kappa shape index (κ2) is 10.1. The first-order chi connectivity index (χ1) is 12.1. The van der Waals surface area contributed by atoms with Gasteiger partial charge in [0.25, 0.3) is 5.91 Å². The Kier molecular flexibility index (Phi) is 7.86. The number of hydrogen-bond donors (Lipinski definition) is 1. The Balaban J connectivity index is 1.70. The van der Waals surface area contributed by atoms with Crippen molar-refractivity contribution in [1.29, 1.82) is 0 Å². The quantitative estimate of drug-likeness (QED) is 0.677. The molecule has 0 aliphatic carbocycles. The summed E-state index contributed by atoms with van der Waals surface area (Å²) in [6, 6.07) is 16.3. The number of ether oxygens (including phenoxy) is 1. The molecule has 2 aromatic rings. The van der Waals surface area contributed by atoms with Crippen molar-refractivity contribution in [2.75, 3.05) is 12.3 Å². The van der Waals surface area contributed by atoms with Crippen molar-refractivity contribution in [1.82, 2.24) is 5.32 Å². The fourth-order valence-electron chi connectivity index (χ4n) is 2.50. The second-order valence-electron chi connectivity index (χ2n) is 5.99. The van der Waals surface area contributed by atoms with Crippen molar-refractivity contribution in [3.63, 3.8) is 0 Å². The van der Waals surface area contributed by atoms with Crippen LogP contribution in [0.5, 0.6) is 5.75 Å². The number of benzene rings is 2. The predicted octanol–water partition coefficient (Wildman–Crippen LogP) is 4.37. The summed E-state index contributed by atoms with van der Waals surface area (Å²) in [4.78, 5) is 12.2. The van der Waals surface area contributed by atoms with Crippen LogP contribution in [0, 0.1) is 6.92 Å². The number of hydrogen-bond acceptors (Lipinski definition) is 3. The van der Waals surface area contributed by atoms with Crippen molar-refractivity contribution in [3.8, 4) is 5.75 Å². The maximum atomic E-state index is 12.2. The lowest BCUT2D eigenvalue weighted by atomic mass is 10.1. The van der Waals surface area contributed by atoms with Gasteiger partial charge in [0.2, 0.25) is 0 Å². The van der Waals surface area contributed by atoms with Crippen LogP contribution in [0.15, 0.2) is 48.5 Å². The van der Waals surface area contributed by atoms with Crippen LogP contribution in [-0.4, -0.2) is 24.3 Å². The normalized spacial score (nSPS) is 11.8. The van der Waals surface area contributed by atoms with E-state index in [1.54, 1.807) is 6.92 Å². The summed E-state index contributed by atoms with van der Waals surface area (Å²) in [6.45, 7) is 6.66. The predicted molar refractivity (Wildman–Crippen MR) is 106 cm³/mol. The monoisotopic (exact) mass is 357 g/mol. The van der Waals surface area contributed by atoms with E-state index >= 15 is 0 Å². The van der Waals surface area contributed by atoms with Crippen molar-refractivity contribution in [2.24, 2.45) is 0 Å². The Labute approximate surface area is 155 Å². The zero-order valence-electron chi connectivity index (χ0n) is 15.2. The van der Waals surface area contributed by atoms with Crippen LogP contribution in [0.4, 0.5) is 0 Å². The number of nitrogens with one attached hydrogen (secondary N) is 1. The second-order valence-corrected chi connectivity index (χ2v) is 7.10. The highest BCUT2D eigenvalue weighted by Crippen LogP contribution is 2.20. The molecule has 0 aromatic heterocycles. The van der Waals surface area contributed by atoms with Crippen LogP contribution in [-0.2, 0) is 17.0 Å². The molecule has 0 bridgehead atoms. The van der Waals surface area contributed by atoms with E-state index < -0.39 is 6.10 Å². The van der Waals surface area contributed by atoms with Gasteiger partial charge in [0, 0.05) is 18.1 Å². The molecular weight excluding hydrogens is 330 g/mol. The molecule has 2 rings (SSSR count). The van der Waals surface area contributed by atoms with E-state index in [1.807, 2.05) is 36.0 Å². The molecule has 0 fully saturated rings. The van der Waals surface area contributed by atoms with Gasteiger partial charge >= 0.3 is 0 Å². The minimum Gasteiger partial charge on any atom is -0.481 e. The highest BCUT2D eigenvalue weighted by atomic mass is 32.2. The Morgan fingerprint density at radius 2 is 1.80 bits per heavy atom. The number of rotatable bonds is 9. The lowest BCUT2D eigenvalue weighted by Crippen LogP contribution is -2.37. The van der Waals surface area contributed by atoms with Gasteiger partial charge in [0.1, 0.15) is 5.75 Å². The van der Waals surface area contributed by atoms with Crippen molar-refractivity contribution in [2.45, 2.75) is 39.0 Å². The standard InChI is InChI=1S/C21H27NO2S/c1-4-18-10-7-8-12-20(18)24-17(3)21(23)22-13-14-25-15-19-11-6-5-9-16(19)2/h5-12,17H,4,13-15H2,1-3H3,(H,22,23)/t17-/m0/s1. The third kappa shape index (κ3) is 6.13. The molecule has 0 saturated carbocycles. The Morgan fingerprint density at radius 3 is 2.52 bits per heavy atom. The molecule has 25 heavy (non-hydrogen) atoms. The van der Waals surface area contributed by atoms with Gasteiger partial charge in [-0.2, -0.15) is 11.8 Å². The number of carbonyl (C=O) groups is 1. The van der Waals surface area contributed by atoms with E-state index in [0.717, 1.165) is 29.2 Å². The highest BCUT2D eigenvalue weighted by molar-refractivity contribution is 7.98. The Morgan fingerprint density at radius 1 is 1.12 bits per heavy atom. The third-order valence-corrected chi connectivity index (χ3v) is 5.10. The number of amides is 1. The average Bonchev–Trinajstić information content (AvgIpc) is 2.63. The fraction of sp³-hybridized carbons (Fsp3) is 0.381. The molecule has 0 heterocycles. The first-order valence-corrected chi connectivity index (χ1v) is 9.91. The van der Waals surface area contributed by atoms with Crippen molar-refractivity contribution < 1.29 is 9.53 Å². The summed E-state index contributed by atoms with van der Waals surface area (Å²) < 4.78 is 5.82. The first-order valence-electron chi connectivity index (χ1n) is 8.76. The lowest BCUT2D eigenvalue weighted by molar-refractivity contribution is -0.127. The molecule has 134 valence electrons. The molecule has 1 N–H and O–H groups in total. The van der Waals surface area contributed by atoms with Crippen molar-refractivity contribution >= 4 is 17.7 Å². The molecule has 2 aromatic carbocycles. The van der Waals surface area contributed by atoms with E-state index in [0.29, 0.717) is 6.54 Å². The van der Waals surface area contributed by atoms with Gasteiger partial charge in [-0.3, -0.25) is 4.79 Å². The van der Waals surface area contributed by atoms with Crippen LogP contribution in [0.25, 0.3) is 0 Å². The molecule has 0 aliphatic rings. The summed E-state index contributed by atoms with van der Waals surface area (Å²) in [7, 11) is 0. The topological polar surface area (TPSA) is 38.3 Å². The molecule has 0 spiro atoms.